The van der Waals surface area contributed by atoms with Crippen LogP contribution in [0.1, 0.15) is 44.7 Å². The summed E-state index contributed by atoms with van der Waals surface area (Å²) in [5.41, 5.74) is 7.88. The summed E-state index contributed by atoms with van der Waals surface area (Å²) in [6.07, 6.45) is 1.87. The summed E-state index contributed by atoms with van der Waals surface area (Å²) in [7, 11) is -3.52. The second-order valence-corrected chi connectivity index (χ2v) is 7.41. The molecule has 2 unspecified atom stereocenters. The average Bonchev–Trinajstić information content (AvgIpc) is 2.32. The van der Waals surface area contributed by atoms with Gasteiger partial charge in [-0.05, 0) is 56.4 Å². The number of nitrogens with one attached hydrogen (secondary N) is 1. The fourth-order valence-corrected chi connectivity index (χ4v) is 3.89. The Balaban J connectivity index is 3.00. The Bertz CT molecular complexity index is 567. The zero-order valence-corrected chi connectivity index (χ0v) is 13.8. The fourth-order valence-electron chi connectivity index (χ4n) is 2.28. The molecule has 0 saturated carbocycles. The Hall–Kier alpha value is -1.07. The van der Waals surface area contributed by atoms with Gasteiger partial charge in [0.05, 0.1) is 4.90 Å². The number of hydrogen-bond donors (Lipinski definition) is 2. The molecule has 3 N–H and O–H groups in total. The molecule has 2 atom stereocenters. The molecule has 0 heterocycles. The van der Waals surface area contributed by atoms with Crippen molar-refractivity contribution in [2.45, 2.75) is 58.4 Å². The van der Waals surface area contributed by atoms with Crippen molar-refractivity contribution in [2.24, 2.45) is 5.92 Å². The molecule has 20 heavy (non-hydrogen) atoms. The van der Waals surface area contributed by atoms with Gasteiger partial charge in [-0.25, -0.2) is 13.1 Å². The summed E-state index contributed by atoms with van der Waals surface area (Å²) < 4.78 is 27.7. The largest absolute Gasteiger partial charge is 0.399 e. The number of sulfonamides is 1. The van der Waals surface area contributed by atoms with Gasteiger partial charge in [0, 0.05) is 11.7 Å². The van der Waals surface area contributed by atoms with Gasteiger partial charge in [0.15, 0.2) is 0 Å². The minimum Gasteiger partial charge on any atom is -0.399 e. The topological polar surface area (TPSA) is 72.2 Å². The van der Waals surface area contributed by atoms with Crippen LogP contribution in [0.15, 0.2) is 17.0 Å². The maximum Gasteiger partial charge on any atom is 0.241 e. The van der Waals surface area contributed by atoms with E-state index < -0.39 is 10.0 Å². The zero-order chi connectivity index (χ0) is 15.5. The summed E-state index contributed by atoms with van der Waals surface area (Å²) >= 11 is 0. The standard InChI is InChI=1S/C15H26N2O2S/c1-6-10(2)7-12(4)17-20(18,19)15-9-14(16)8-11(3)13(15)5/h8-10,12,17H,6-7,16H2,1-5H3. The first-order chi connectivity index (χ1) is 9.17. The summed E-state index contributed by atoms with van der Waals surface area (Å²) in [5.74, 6) is 0.497. The van der Waals surface area contributed by atoms with Crippen LogP contribution in [0.2, 0.25) is 0 Å². The van der Waals surface area contributed by atoms with E-state index in [1.807, 2.05) is 20.8 Å². The SMILES string of the molecule is CCC(C)CC(C)NS(=O)(=O)c1cc(N)cc(C)c1C. The highest BCUT2D eigenvalue weighted by molar-refractivity contribution is 7.89. The van der Waals surface area contributed by atoms with E-state index in [1.165, 1.54) is 6.07 Å². The predicted molar refractivity (Wildman–Crippen MR) is 84.2 cm³/mol. The first-order valence-electron chi connectivity index (χ1n) is 7.06. The Morgan fingerprint density at radius 2 is 1.85 bits per heavy atom. The van der Waals surface area contributed by atoms with Crippen LogP contribution in [0, 0.1) is 19.8 Å². The van der Waals surface area contributed by atoms with Gasteiger partial charge in [0.1, 0.15) is 0 Å². The van der Waals surface area contributed by atoms with Crippen LogP contribution < -0.4 is 10.5 Å². The van der Waals surface area contributed by atoms with Crippen molar-refractivity contribution in [1.29, 1.82) is 0 Å². The minimum absolute atomic E-state index is 0.0870. The van der Waals surface area contributed by atoms with E-state index in [4.69, 9.17) is 5.73 Å². The lowest BCUT2D eigenvalue weighted by molar-refractivity contribution is 0.445. The Morgan fingerprint density at radius 1 is 1.25 bits per heavy atom. The van der Waals surface area contributed by atoms with Gasteiger partial charge in [-0.15, -0.1) is 0 Å². The molecule has 0 bridgehead atoms. The summed E-state index contributed by atoms with van der Waals surface area (Å²) in [4.78, 5) is 0.283. The minimum atomic E-state index is -3.52. The predicted octanol–water partition coefficient (Wildman–Crippen LogP) is 2.99. The van der Waals surface area contributed by atoms with E-state index in [2.05, 4.69) is 18.6 Å². The molecule has 0 fully saturated rings. The summed E-state index contributed by atoms with van der Waals surface area (Å²) in [6.45, 7) is 9.81. The smallest absolute Gasteiger partial charge is 0.241 e. The number of nitrogens with two attached hydrogens (primary N) is 1. The summed E-state index contributed by atoms with van der Waals surface area (Å²) in [5, 5.41) is 0. The third-order valence-electron chi connectivity index (χ3n) is 3.74. The van der Waals surface area contributed by atoms with Crippen molar-refractivity contribution in [1.82, 2.24) is 4.72 Å². The van der Waals surface area contributed by atoms with Gasteiger partial charge in [0.25, 0.3) is 0 Å². The molecule has 0 aliphatic heterocycles. The van der Waals surface area contributed by atoms with Crippen LogP contribution in [-0.4, -0.2) is 14.5 Å². The highest BCUT2D eigenvalue weighted by atomic mass is 32.2. The van der Waals surface area contributed by atoms with Crippen molar-refractivity contribution in [2.75, 3.05) is 5.73 Å². The van der Waals surface area contributed by atoms with Gasteiger partial charge in [-0.1, -0.05) is 20.3 Å². The number of nitrogen functional groups attached to an aromatic ring is 1. The lowest BCUT2D eigenvalue weighted by Gasteiger charge is -2.19. The van der Waals surface area contributed by atoms with Gasteiger partial charge < -0.3 is 5.73 Å². The maximum atomic E-state index is 12.5. The van der Waals surface area contributed by atoms with Crippen molar-refractivity contribution >= 4 is 15.7 Å². The van der Waals surface area contributed by atoms with Crippen LogP contribution in [-0.2, 0) is 10.0 Å². The Labute approximate surface area is 122 Å². The third kappa shape index (κ3) is 4.21. The van der Waals surface area contributed by atoms with Crippen molar-refractivity contribution in [3.63, 3.8) is 0 Å². The molecule has 1 aromatic rings. The number of benzene rings is 1. The van der Waals surface area contributed by atoms with Crippen LogP contribution in [0.5, 0.6) is 0 Å². The number of aryl methyl sites for hydroxylation is 1. The molecule has 0 amide bonds. The molecule has 1 aromatic carbocycles. The zero-order valence-electron chi connectivity index (χ0n) is 13.0. The molecular weight excluding hydrogens is 272 g/mol. The van der Waals surface area contributed by atoms with Crippen molar-refractivity contribution in [3.05, 3.63) is 23.3 Å². The normalized spacial score (nSPS) is 15.1. The molecule has 0 aromatic heterocycles. The van der Waals surface area contributed by atoms with Crippen LogP contribution in [0.25, 0.3) is 0 Å². The average molecular weight is 298 g/mol. The van der Waals surface area contributed by atoms with Gasteiger partial charge in [-0.3, -0.25) is 0 Å². The fraction of sp³-hybridized carbons (Fsp3) is 0.600. The van der Waals surface area contributed by atoms with E-state index in [-0.39, 0.29) is 10.9 Å². The molecule has 0 radical (unpaired) electrons. The molecule has 0 aliphatic carbocycles. The lowest BCUT2D eigenvalue weighted by atomic mass is 10.0. The van der Waals surface area contributed by atoms with Gasteiger partial charge in [-0.2, -0.15) is 0 Å². The monoisotopic (exact) mass is 298 g/mol. The van der Waals surface area contributed by atoms with E-state index >= 15 is 0 Å². The molecule has 0 aliphatic rings. The number of anilines is 1. The first kappa shape index (κ1) is 17.0. The van der Waals surface area contributed by atoms with E-state index in [9.17, 15) is 8.42 Å². The lowest BCUT2D eigenvalue weighted by Crippen LogP contribution is -2.34. The molecule has 1 rings (SSSR count). The quantitative estimate of drug-likeness (QED) is 0.793. The summed E-state index contributed by atoms with van der Waals surface area (Å²) in [6, 6.07) is 3.23. The van der Waals surface area contributed by atoms with E-state index in [1.54, 1.807) is 6.07 Å². The molecule has 114 valence electrons. The molecular formula is C15H26N2O2S. The first-order valence-corrected chi connectivity index (χ1v) is 8.54. The third-order valence-corrected chi connectivity index (χ3v) is 5.46. The highest BCUT2D eigenvalue weighted by Gasteiger charge is 2.21. The van der Waals surface area contributed by atoms with Gasteiger partial charge in [0.2, 0.25) is 10.0 Å². The molecule has 0 saturated heterocycles. The molecule has 0 spiro atoms. The maximum absolute atomic E-state index is 12.5. The molecule has 5 heteroatoms. The van der Waals surface area contributed by atoms with E-state index in [0.29, 0.717) is 11.6 Å². The van der Waals surface area contributed by atoms with Crippen molar-refractivity contribution in [3.8, 4) is 0 Å². The van der Waals surface area contributed by atoms with Crippen LogP contribution in [0.3, 0.4) is 0 Å². The van der Waals surface area contributed by atoms with Crippen LogP contribution >= 0.6 is 0 Å². The molecule has 4 nitrogen and oxygen atoms in total. The van der Waals surface area contributed by atoms with Crippen molar-refractivity contribution < 1.29 is 8.42 Å². The van der Waals surface area contributed by atoms with E-state index in [0.717, 1.165) is 24.0 Å². The number of rotatable bonds is 6. The van der Waals surface area contributed by atoms with Crippen LogP contribution in [0.4, 0.5) is 5.69 Å². The Kier molecular flexibility index (Phi) is 5.59. The highest BCUT2D eigenvalue weighted by Crippen LogP contribution is 2.23. The number of hydrogen-bond acceptors (Lipinski definition) is 3. The Morgan fingerprint density at radius 3 is 2.40 bits per heavy atom. The van der Waals surface area contributed by atoms with Gasteiger partial charge >= 0.3 is 0 Å². The second-order valence-electron chi connectivity index (χ2n) is 5.73. The second kappa shape index (κ2) is 6.59.